The number of hydrogen-bond acceptors (Lipinski definition) is 2. The largest absolute Gasteiger partial charge is 0.371 e. The minimum atomic E-state index is 0. The van der Waals surface area contributed by atoms with Crippen LogP contribution < -0.4 is 10.2 Å². The Morgan fingerprint density at radius 1 is 1.00 bits per heavy atom. The highest BCUT2D eigenvalue weighted by molar-refractivity contribution is 5.85. The van der Waals surface area contributed by atoms with Gasteiger partial charge in [-0.15, -0.1) is 12.4 Å². The summed E-state index contributed by atoms with van der Waals surface area (Å²) < 4.78 is 0. The van der Waals surface area contributed by atoms with E-state index in [0.29, 0.717) is 5.41 Å². The molecule has 2 aliphatic rings. The highest BCUT2D eigenvalue weighted by Gasteiger charge is 2.39. The van der Waals surface area contributed by atoms with E-state index in [1.54, 1.807) is 0 Å². The molecule has 0 unspecified atom stereocenters. The normalized spacial score (nSPS) is 22.4. The second-order valence-corrected chi connectivity index (χ2v) is 4.93. The highest BCUT2D eigenvalue weighted by atomic mass is 35.5. The van der Waals surface area contributed by atoms with Crippen LogP contribution in [0.25, 0.3) is 0 Å². The Balaban J connectivity index is 0.000000963. The van der Waals surface area contributed by atoms with Crippen LogP contribution in [0.15, 0.2) is 30.3 Å². The third kappa shape index (κ3) is 2.04. The molecule has 0 aliphatic carbocycles. The zero-order chi connectivity index (χ0) is 10.1. The van der Waals surface area contributed by atoms with E-state index < -0.39 is 0 Å². The van der Waals surface area contributed by atoms with Gasteiger partial charge >= 0.3 is 0 Å². The molecule has 0 saturated carbocycles. The molecule has 3 rings (SSSR count). The summed E-state index contributed by atoms with van der Waals surface area (Å²) in [6, 6.07) is 10.8. The first-order valence-electron chi connectivity index (χ1n) is 5.89. The average molecular weight is 239 g/mol. The molecule has 1 spiro atoms. The van der Waals surface area contributed by atoms with E-state index in [1.807, 2.05) is 0 Å². The zero-order valence-electron chi connectivity index (χ0n) is 9.48. The number of piperidine rings is 1. The second kappa shape index (κ2) is 4.64. The van der Waals surface area contributed by atoms with Gasteiger partial charge in [0.1, 0.15) is 0 Å². The van der Waals surface area contributed by atoms with Crippen molar-refractivity contribution in [3.63, 3.8) is 0 Å². The minimum Gasteiger partial charge on any atom is -0.371 e. The number of nitrogens with one attached hydrogen (secondary N) is 1. The van der Waals surface area contributed by atoms with E-state index in [2.05, 4.69) is 40.5 Å². The van der Waals surface area contributed by atoms with Gasteiger partial charge in [0, 0.05) is 31.9 Å². The molecule has 0 bridgehead atoms. The van der Waals surface area contributed by atoms with Crippen molar-refractivity contribution in [2.24, 2.45) is 5.41 Å². The number of hydrogen-bond donors (Lipinski definition) is 1. The van der Waals surface area contributed by atoms with E-state index in [-0.39, 0.29) is 12.4 Å². The lowest BCUT2D eigenvalue weighted by molar-refractivity contribution is 0.126. The van der Waals surface area contributed by atoms with Crippen molar-refractivity contribution < 1.29 is 0 Å². The van der Waals surface area contributed by atoms with Crippen LogP contribution in [0.3, 0.4) is 0 Å². The molecule has 88 valence electrons. The molecule has 2 fully saturated rings. The molecule has 16 heavy (non-hydrogen) atoms. The number of benzene rings is 1. The Morgan fingerprint density at radius 2 is 1.62 bits per heavy atom. The molecule has 1 N–H and O–H groups in total. The van der Waals surface area contributed by atoms with E-state index in [0.717, 1.165) is 0 Å². The van der Waals surface area contributed by atoms with Crippen molar-refractivity contribution in [3.05, 3.63) is 30.3 Å². The monoisotopic (exact) mass is 238 g/mol. The second-order valence-electron chi connectivity index (χ2n) is 4.93. The fourth-order valence-corrected chi connectivity index (χ4v) is 2.71. The standard InChI is InChI=1S/C13H18N2.ClH/c1-2-4-12(5-3-1)15-8-6-13(7-9-15)10-14-11-13;/h1-5,14H,6-11H2;1H. The van der Waals surface area contributed by atoms with E-state index in [4.69, 9.17) is 0 Å². The molecule has 2 saturated heterocycles. The van der Waals surface area contributed by atoms with E-state index in [9.17, 15) is 0 Å². The van der Waals surface area contributed by atoms with Crippen LogP contribution in [0, 0.1) is 5.41 Å². The van der Waals surface area contributed by atoms with Gasteiger partial charge in [0.15, 0.2) is 0 Å². The summed E-state index contributed by atoms with van der Waals surface area (Å²) in [5, 5.41) is 3.41. The zero-order valence-corrected chi connectivity index (χ0v) is 10.3. The molecule has 1 aromatic rings. The first-order valence-corrected chi connectivity index (χ1v) is 5.89. The van der Waals surface area contributed by atoms with Crippen LogP contribution in [0.4, 0.5) is 5.69 Å². The minimum absolute atomic E-state index is 0. The Bertz CT molecular complexity index is 325. The van der Waals surface area contributed by atoms with Crippen molar-refractivity contribution in [2.75, 3.05) is 31.1 Å². The van der Waals surface area contributed by atoms with Gasteiger partial charge in [0.25, 0.3) is 0 Å². The van der Waals surface area contributed by atoms with Crippen molar-refractivity contribution in [2.45, 2.75) is 12.8 Å². The summed E-state index contributed by atoms with van der Waals surface area (Å²) in [6.07, 6.45) is 2.71. The lowest BCUT2D eigenvalue weighted by Gasteiger charge is -2.48. The van der Waals surface area contributed by atoms with Gasteiger partial charge in [-0.2, -0.15) is 0 Å². The quantitative estimate of drug-likeness (QED) is 0.808. The molecule has 3 heteroatoms. The van der Waals surface area contributed by atoms with E-state index >= 15 is 0 Å². The number of nitrogens with zero attached hydrogens (tertiary/aromatic N) is 1. The summed E-state index contributed by atoms with van der Waals surface area (Å²) in [6.45, 7) is 4.95. The maximum atomic E-state index is 3.41. The molecule has 1 aromatic carbocycles. The van der Waals surface area contributed by atoms with Crippen LogP contribution in [-0.2, 0) is 0 Å². The number of halogens is 1. The van der Waals surface area contributed by atoms with Crippen LogP contribution >= 0.6 is 12.4 Å². The Labute approximate surface area is 103 Å². The van der Waals surface area contributed by atoms with Crippen molar-refractivity contribution >= 4 is 18.1 Å². The van der Waals surface area contributed by atoms with Crippen molar-refractivity contribution in [1.29, 1.82) is 0 Å². The summed E-state index contributed by atoms with van der Waals surface area (Å²) in [5.74, 6) is 0. The van der Waals surface area contributed by atoms with Gasteiger partial charge < -0.3 is 10.2 Å². The molecule has 0 aromatic heterocycles. The van der Waals surface area contributed by atoms with Gasteiger partial charge in [-0.05, 0) is 30.4 Å². The molecular weight excluding hydrogens is 220 g/mol. The highest BCUT2D eigenvalue weighted by Crippen LogP contribution is 2.36. The number of anilines is 1. The van der Waals surface area contributed by atoms with Gasteiger partial charge in [-0.25, -0.2) is 0 Å². The van der Waals surface area contributed by atoms with Crippen LogP contribution in [0.5, 0.6) is 0 Å². The maximum Gasteiger partial charge on any atom is 0.0366 e. The van der Waals surface area contributed by atoms with Crippen molar-refractivity contribution in [1.82, 2.24) is 5.32 Å². The average Bonchev–Trinajstić information content (AvgIpc) is 2.28. The van der Waals surface area contributed by atoms with Gasteiger partial charge in [0.05, 0.1) is 0 Å². The summed E-state index contributed by atoms with van der Waals surface area (Å²) >= 11 is 0. The Hall–Kier alpha value is -0.730. The Morgan fingerprint density at radius 3 is 2.12 bits per heavy atom. The topological polar surface area (TPSA) is 15.3 Å². The summed E-state index contributed by atoms with van der Waals surface area (Å²) in [7, 11) is 0. The fourth-order valence-electron chi connectivity index (χ4n) is 2.71. The number of para-hydroxylation sites is 1. The Kier molecular flexibility index (Phi) is 3.41. The maximum absolute atomic E-state index is 3.41. The first kappa shape index (κ1) is 11.7. The third-order valence-electron chi connectivity index (χ3n) is 3.95. The summed E-state index contributed by atoms with van der Waals surface area (Å²) in [5.41, 5.74) is 2.05. The molecule has 2 nitrogen and oxygen atoms in total. The van der Waals surface area contributed by atoms with E-state index in [1.165, 1.54) is 44.7 Å². The fraction of sp³-hybridized carbons (Fsp3) is 0.538. The summed E-state index contributed by atoms with van der Waals surface area (Å²) in [4.78, 5) is 2.52. The first-order chi connectivity index (χ1) is 7.38. The van der Waals surface area contributed by atoms with Crippen LogP contribution in [-0.4, -0.2) is 26.2 Å². The van der Waals surface area contributed by atoms with Crippen molar-refractivity contribution in [3.8, 4) is 0 Å². The van der Waals surface area contributed by atoms with Gasteiger partial charge in [-0.3, -0.25) is 0 Å². The van der Waals surface area contributed by atoms with Gasteiger partial charge in [0.2, 0.25) is 0 Å². The molecule has 0 amide bonds. The van der Waals surface area contributed by atoms with Gasteiger partial charge in [-0.1, -0.05) is 18.2 Å². The predicted octanol–water partition coefficient (Wildman–Crippen LogP) is 2.30. The molecule has 2 aliphatic heterocycles. The number of rotatable bonds is 1. The molecular formula is C13H19ClN2. The lowest BCUT2D eigenvalue weighted by Crippen LogP contribution is -2.58. The molecule has 0 atom stereocenters. The predicted molar refractivity (Wildman–Crippen MR) is 70.4 cm³/mol. The van der Waals surface area contributed by atoms with Crippen LogP contribution in [0.1, 0.15) is 12.8 Å². The molecule has 2 heterocycles. The smallest absolute Gasteiger partial charge is 0.0366 e. The molecule has 0 radical (unpaired) electrons. The third-order valence-corrected chi connectivity index (χ3v) is 3.95. The lowest BCUT2D eigenvalue weighted by atomic mass is 9.73. The SMILES string of the molecule is Cl.c1ccc(N2CCC3(CC2)CNC3)cc1. The van der Waals surface area contributed by atoms with Crippen LogP contribution in [0.2, 0.25) is 0 Å².